The molecule has 0 saturated carbocycles. The summed E-state index contributed by atoms with van der Waals surface area (Å²) in [6, 6.07) is 8.91. The molecule has 0 heterocycles. The number of hydrogen-bond acceptors (Lipinski definition) is 2. The van der Waals surface area contributed by atoms with Crippen LogP contribution in [0.25, 0.3) is 0 Å². The summed E-state index contributed by atoms with van der Waals surface area (Å²) in [7, 11) is 0. The van der Waals surface area contributed by atoms with Gasteiger partial charge in [-0.2, -0.15) is 0 Å². The first-order chi connectivity index (χ1) is 9.63. The molecule has 0 spiro atoms. The van der Waals surface area contributed by atoms with E-state index in [9.17, 15) is 9.18 Å². The van der Waals surface area contributed by atoms with Gasteiger partial charge in [0.2, 0.25) is 0 Å². The van der Waals surface area contributed by atoms with E-state index in [1.54, 1.807) is 31.2 Å². The van der Waals surface area contributed by atoms with Gasteiger partial charge in [0.05, 0.1) is 5.56 Å². The van der Waals surface area contributed by atoms with Crippen LogP contribution in [0.3, 0.4) is 0 Å². The number of hydrogen-bond donors (Lipinski definition) is 0. The van der Waals surface area contributed by atoms with Crippen molar-refractivity contribution in [3.05, 3.63) is 59.2 Å². The first kappa shape index (κ1) is 16.2. The molecule has 0 fully saturated rings. The maximum Gasteiger partial charge on any atom is 0.338 e. The van der Waals surface area contributed by atoms with Crippen molar-refractivity contribution in [1.29, 1.82) is 0 Å². The summed E-state index contributed by atoms with van der Waals surface area (Å²) in [5.74, 6) is -0.317. The van der Waals surface area contributed by atoms with Gasteiger partial charge in [0.15, 0.2) is 0 Å². The molecule has 0 unspecified atom stereocenters. The molecule has 0 atom stereocenters. The SMILES string of the molecule is C/C(=C\CC/C(C)=C/COC(=O)c1ccccc1)CF. The largest absolute Gasteiger partial charge is 0.458 e. The van der Waals surface area contributed by atoms with Crippen LogP contribution in [-0.4, -0.2) is 19.3 Å². The average Bonchev–Trinajstić information content (AvgIpc) is 2.47. The number of allylic oxidation sites excluding steroid dienone is 3. The molecule has 0 saturated heterocycles. The van der Waals surface area contributed by atoms with Gasteiger partial charge in [-0.05, 0) is 50.5 Å². The predicted octanol–water partition coefficient (Wildman–Crippen LogP) is 4.49. The van der Waals surface area contributed by atoms with Gasteiger partial charge in [0.25, 0.3) is 0 Å². The Morgan fingerprint density at radius 1 is 1.15 bits per heavy atom. The lowest BCUT2D eigenvalue weighted by Crippen LogP contribution is -2.04. The van der Waals surface area contributed by atoms with Gasteiger partial charge in [-0.25, -0.2) is 9.18 Å². The Balaban J connectivity index is 2.32. The number of alkyl halides is 1. The second-order valence-corrected chi connectivity index (χ2v) is 4.74. The summed E-state index contributed by atoms with van der Waals surface area (Å²) in [4.78, 5) is 11.7. The average molecular weight is 276 g/mol. The lowest BCUT2D eigenvalue weighted by atomic mass is 10.1. The number of benzene rings is 1. The molecule has 1 rings (SSSR count). The number of carbonyl (C=O) groups excluding carboxylic acids is 1. The summed E-state index contributed by atoms with van der Waals surface area (Å²) in [5.41, 5.74) is 2.45. The minimum Gasteiger partial charge on any atom is -0.458 e. The molecule has 1 aromatic rings. The molecule has 0 aliphatic rings. The molecule has 0 bridgehead atoms. The highest BCUT2D eigenvalue weighted by atomic mass is 19.1. The standard InChI is InChI=1S/C17H21FO2/c1-14(7-6-8-15(2)13-18)11-12-20-17(19)16-9-4-3-5-10-16/h3-5,8-11H,6-7,12-13H2,1-2H3/b14-11+,15-8+. The zero-order chi connectivity index (χ0) is 14.8. The van der Waals surface area contributed by atoms with E-state index in [1.807, 2.05) is 25.1 Å². The van der Waals surface area contributed by atoms with E-state index in [4.69, 9.17) is 4.74 Å². The van der Waals surface area contributed by atoms with E-state index in [0.717, 1.165) is 24.0 Å². The lowest BCUT2D eigenvalue weighted by molar-refractivity contribution is 0.0549. The van der Waals surface area contributed by atoms with Crippen LogP contribution in [0.4, 0.5) is 4.39 Å². The Bertz CT molecular complexity index is 475. The molecule has 20 heavy (non-hydrogen) atoms. The Morgan fingerprint density at radius 2 is 1.85 bits per heavy atom. The molecule has 0 N–H and O–H groups in total. The van der Waals surface area contributed by atoms with Gasteiger partial charge in [0.1, 0.15) is 13.3 Å². The third-order valence-corrected chi connectivity index (χ3v) is 2.90. The number of esters is 1. The van der Waals surface area contributed by atoms with Gasteiger partial charge in [-0.3, -0.25) is 0 Å². The lowest BCUT2D eigenvalue weighted by Gasteiger charge is -2.03. The summed E-state index contributed by atoms with van der Waals surface area (Å²) < 4.78 is 17.4. The van der Waals surface area contributed by atoms with Crippen molar-refractivity contribution in [3.63, 3.8) is 0 Å². The van der Waals surface area contributed by atoms with Crippen molar-refractivity contribution in [1.82, 2.24) is 0 Å². The van der Waals surface area contributed by atoms with Crippen LogP contribution in [0.15, 0.2) is 53.6 Å². The van der Waals surface area contributed by atoms with Crippen molar-refractivity contribution < 1.29 is 13.9 Å². The quantitative estimate of drug-likeness (QED) is 0.542. The third kappa shape index (κ3) is 6.32. The first-order valence-corrected chi connectivity index (χ1v) is 6.73. The van der Waals surface area contributed by atoms with Crippen molar-refractivity contribution >= 4 is 5.97 Å². The first-order valence-electron chi connectivity index (χ1n) is 6.73. The van der Waals surface area contributed by atoms with Crippen LogP contribution in [0.2, 0.25) is 0 Å². The Kier molecular flexibility index (Phi) is 7.33. The van der Waals surface area contributed by atoms with Crippen molar-refractivity contribution in [2.24, 2.45) is 0 Å². The van der Waals surface area contributed by atoms with E-state index in [0.29, 0.717) is 5.56 Å². The normalized spacial score (nSPS) is 12.3. The van der Waals surface area contributed by atoms with Gasteiger partial charge >= 0.3 is 5.97 Å². The minimum atomic E-state index is -0.391. The van der Waals surface area contributed by atoms with Gasteiger partial charge in [0, 0.05) is 0 Å². The van der Waals surface area contributed by atoms with Crippen LogP contribution in [0.5, 0.6) is 0 Å². The third-order valence-electron chi connectivity index (χ3n) is 2.90. The zero-order valence-corrected chi connectivity index (χ0v) is 12.1. The van der Waals surface area contributed by atoms with E-state index < -0.39 is 6.67 Å². The molecule has 3 heteroatoms. The number of rotatable bonds is 7. The van der Waals surface area contributed by atoms with Crippen LogP contribution < -0.4 is 0 Å². The molecule has 0 amide bonds. The topological polar surface area (TPSA) is 26.3 Å². The van der Waals surface area contributed by atoms with E-state index in [-0.39, 0.29) is 12.6 Å². The fourth-order valence-corrected chi connectivity index (χ4v) is 1.62. The summed E-state index contributed by atoms with van der Waals surface area (Å²) >= 11 is 0. The molecule has 1 aromatic carbocycles. The minimum absolute atomic E-state index is 0.269. The molecule has 2 nitrogen and oxygen atoms in total. The van der Waals surface area contributed by atoms with Crippen LogP contribution in [0.1, 0.15) is 37.0 Å². The molecule has 0 aliphatic carbocycles. The second-order valence-electron chi connectivity index (χ2n) is 4.74. The van der Waals surface area contributed by atoms with Crippen LogP contribution in [-0.2, 0) is 4.74 Å². The maximum atomic E-state index is 12.2. The highest BCUT2D eigenvalue weighted by molar-refractivity contribution is 5.89. The van der Waals surface area contributed by atoms with Crippen molar-refractivity contribution in [2.45, 2.75) is 26.7 Å². The van der Waals surface area contributed by atoms with Crippen molar-refractivity contribution in [2.75, 3.05) is 13.3 Å². The summed E-state index contributed by atoms with van der Waals surface area (Å²) in [6.07, 6.45) is 5.44. The van der Waals surface area contributed by atoms with E-state index >= 15 is 0 Å². The molecule has 0 radical (unpaired) electrons. The fourth-order valence-electron chi connectivity index (χ4n) is 1.62. The van der Waals surface area contributed by atoms with Crippen LogP contribution >= 0.6 is 0 Å². The molecular formula is C17H21FO2. The number of carbonyl (C=O) groups is 1. The van der Waals surface area contributed by atoms with Gasteiger partial charge in [-0.1, -0.05) is 29.8 Å². The van der Waals surface area contributed by atoms with E-state index in [2.05, 4.69) is 0 Å². The smallest absolute Gasteiger partial charge is 0.338 e. The summed E-state index contributed by atoms with van der Waals surface area (Å²) in [5, 5.41) is 0. The highest BCUT2D eigenvalue weighted by Gasteiger charge is 2.04. The van der Waals surface area contributed by atoms with E-state index in [1.165, 1.54) is 0 Å². The molecule has 0 aromatic heterocycles. The predicted molar refractivity (Wildman–Crippen MR) is 79.4 cm³/mol. The molecule has 108 valence electrons. The maximum absolute atomic E-state index is 12.2. The highest BCUT2D eigenvalue weighted by Crippen LogP contribution is 2.07. The summed E-state index contributed by atoms with van der Waals surface area (Å²) in [6.45, 7) is 3.64. The van der Waals surface area contributed by atoms with Gasteiger partial charge in [-0.15, -0.1) is 0 Å². The number of halogens is 1. The monoisotopic (exact) mass is 276 g/mol. The Morgan fingerprint density at radius 3 is 2.50 bits per heavy atom. The zero-order valence-electron chi connectivity index (χ0n) is 12.1. The molecular weight excluding hydrogens is 255 g/mol. The second kappa shape index (κ2) is 9.08. The van der Waals surface area contributed by atoms with Crippen molar-refractivity contribution in [3.8, 4) is 0 Å². The Labute approximate surface area is 120 Å². The van der Waals surface area contributed by atoms with Crippen LogP contribution in [0, 0.1) is 0 Å². The molecule has 0 aliphatic heterocycles. The number of ether oxygens (including phenoxy) is 1. The van der Waals surface area contributed by atoms with Gasteiger partial charge < -0.3 is 4.74 Å². The Hall–Kier alpha value is -1.90. The fraction of sp³-hybridized carbons (Fsp3) is 0.353.